The average molecular weight is 363 g/mol. The van der Waals surface area contributed by atoms with Crippen LogP contribution < -0.4 is 51.4 Å². The maximum absolute atomic E-state index is 10.4. The fraction of sp³-hybridized carbons (Fsp3) is 1.00. The second-order valence-corrected chi connectivity index (χ2v) is 6.50. The molecule has 0 saturated carbocycles. The number of hydrogen-bond acceptors (Lipinski definition) is 5. The van der Waals surface area contributed by atoms with Gasteiger partial charge < -0.3 is 9.29 Å². The molecule has 0 radical (unpaired) electrons. The minimum Gasteiger partial charge on any atom is -0.725 e. The van der Waals surface area contributed by atoms with E-state index in [-0.39, 0.29) is 51.4 Å². The Balaban J connectivity index is 0. The predicted octanol–water partition coefficient (Wildman–Crippen LogP) is 1.14. The van der Waals surface area contributed by atoms with Crippen LogP contribution in [0.3, 0.4) is 0 Å². The molecule has 0 spiro atoms. The van der Waals surface area contributed by atoms with E-state index in [4.69, 9.17) is 4.74 Å². The first-order valence-electron chi connectivity index (χ1n) is 8.16. The summed E-state index contributed by atoms with van der Waals surface area (Å²) < 4.78 is 40.4. The number of unbranched alkanes of at least 4 members (excludes halogenated alkanes) is 10. The zero-order valence-electron chi connectivity index (χ0n) is 14.5. The van der Waals surface area contributed by atoms with E-state index in [9.17, 15) is 13.0 Å². The van der Waals surface area contributed by atoms with Crippen LogP contribution in [0, 0.1) is 0 Å². The van der Waals surface area contributed by atoms with Crippen LogP contribution in [0.4, 0.5) is 0 Å². The van der Waals surface area contributed by atoms with Gasteiger partial charge in [-0.2, -0.15) is 0 Å². The van der Waals surface area contributed by atoms with Crippen LogP contribution in [0.5, 0.6) is 0 Å². The molecule has 0 saturated heterocycles. The van der Waals surface area contributed by atoms with Crippen molar-refractivity contribution in [3.8, 4) is 0 Å². The Morgan fingerprint density at radius 3 is 1.64 bits per heavy atom. The van der Waals surface area contributed by atoms with Crippen molar-refractivity contribution in [3.63, 3.8) is 0 Å². The monoisotopic (exact) mass is 362 g/mol. The largest absolute Gasteiger partial charge is 1.00 e. The summed E-state index contributed by atoms with van der Waals surface area (Å²) in [6, 6.07) is 0. The second kappa shape index (κ2) is 17.3. The van der Waals surface area contributed by atoms with Crippen LogP contribution in [0.25, 0.3) is 0 Å². The molecule has 5 nitrogen and oxygen atoms in total. The Hall–Kier alpha value is 1.47. The second-order valence-electron chi connectivity index (χ2n) is 5.49. The molecule has 0 aliphatic carbocycles. The van der Waals surface area contributed by atoms with Crippen molar-refractivity contribution in [1.29, 1.82) is 0 Å². The Morgan fingerprint density at radius 1 is 0.864 bits per heavy atom. The van der Waals surface area contributed by atoms with Gasteiger partial charge in [0.1, 0.15) is 0 Å². The van der Waals surface area contributed by atoms with Crippen molar-refractivity contribution in [2.45, 2.75) is 90.3 Å². The molecule has 1 atom stereocenters. The quantitative estimate of drug-likeness (QED) is 0.144. The first-order valence-corrected chi connectivity index (χ1v) is 9.50. The van der Waals surface area contributed by atoms with Gasteiger partial charge in [0.15, 0.2) is 6.29 Å². The summed E-state index contributed by atoms with van der Waals surface area (Å²) >= 11 is 0. The van der Waals surface area contributed by atoms with E-state index in [2.05, 4.69) is 11.1 Å². The van der Waals surface area contributed by atoms with Crippen molar-refractivity contribution < 1.29 is 73.3 Å². The zero-order valence-corrected chi connectivity index (χ0v) is 18.5. The Bertz CT molecular complexity index is 322. The molecule has 7 heteroatoms. The van der Waals surface area contributed by atoms with E-state index in [0.29, 0.717) is 6.42 Å². The Kier molecular flexibility index (Phi) is 20.2. The number of methoxy groups -OCH3 is 1. The first-order chi connectivity index (χ1) is 9.99. The summed E-state index contributed by atoms with van der Waals surface area (Å²) in [6.07, 6.45) is 12.9. The normalized spacial score (nSPS) is 12.9. The van der Waals surface area contributed by atoms with Gasteiger partial charge in [0.25, 0.3) is 0 Å². The third kappa shape index (κ3) is 19.5. The summed E-state index contributed by atoms with van der Waals surface area (Å²) in [7, 11) is -3.33. The molecule has 128 valence electrons. The maximum Gasteiger partial charge on any atom is 1.00 e. The molecule has 0 heterocycles. The van der Waals surface area contributed by atoms with Crippen molar-refractivity contribution >= 4 is 10.4 Å². The molecular formula is C15H31KO5S. The number of ether oxygens (including phenoxy) is 1. The molecule has 0 bridgehead atoms. The van der Waals surface area contributed by atoms with Crippen molar-refractivity contribution in [2.75, 3.05) is 7.11 Å². The molecule has 0 aliphatic heterocycles. The molecular weight excluding hydrogens is 331 g/mol. The minimum absolute atomic E-state index is 0. The van der Waals surface area contributed by atoms with Crippen molar-refractivity contribution in [1.82, 2.24) is 0 Å². The summed E-state index contributed by atoms with van der Waals surface area (Å²) in [5.41, 5.74) is 0. The van der Waals surface area contributed by atoms with Crippen LogP contribution in [0.15, 0.2) is 0 Å². The predicted molar refractivity (Wildman–Crippen MR) is 82.7 cm³/mol. The minimum atomic E-state index is -4.67. The van der Waals surface area contributed by atoms with Gasteiger partial charge in [-0.1, -0.05) is 71.1 Å². The molecule has 0 aromatic heterocycles. The first kappa shape index (κ1) is 25.7. The number of hydrogen-bond donors (Lipinski definition) is 0. The summed E-state index contributed by atoms with van der Waals surface area (Å²) in [5.74, 6) is 0. The molecule has 1 unspecified atom stereocenters. The van der Waals surface area contributed by atoms with E-state index in [0.717, 1.165) is 19.3 Å². The summed E-state index contributed by atoms with van der Waals surface area (Å²) in [4.78, 5) is 0. The van der Waals surface area contributed by atoms with Crippen LogP contribution in [-0.4, -0.2) is 26.4 Å². The van der Waals surface area contributed by atoms with Crippen molar-refractivity contribution in [3.05, 3.63) is 0 Å². The molecule has 22 heavy (non-hydrogen) atoms. The Labute approximate surface area is 179 Å². The fourth-order valence-corrected chi connectivity index (χ4v) is 2.75. The molecule has 0 rings (SSSR count). The summed E-state index contributed by atoms with van der Waals surface area (Å²) in [5, 5.41) is 0. The van der Waals surface area contributed by atoms with E-state index < -0.39 is 16.7 Å². The fourth-order valence-electron chi connectivity index (χ4n) is 2.31. The van der Waals surface area contributed by atoms with Gasteiger partial charge in [-0.25, -0.2) is 12.6 Å². The molecule has 0 N–H and O–H groups in total. The molecule has 0 fully saturated rings. The van der Waals surface area contributed by atoms with Gasteiger partial charge in [0, 0.05) is 7.11 Å². The number of rotatable bonds is 15. The molecule has 0 aromatic carbocycles. The van der Waals surface area contributed by atoms with Gasteiger partial charge in [-0.3, -0.25) is 0 Å². The third-order valence-corrected chi connectivity index (χ3v) is 3.98. The standard InChI is InChI=1S/C15H32O5S.K/c1-3-4-5-6-7-8-9-10-11-12-13-14-15(19-2)20-21(16,17)18;/h15H,3-14H2,1-2H3,(H,16,17,18);/q;+1/p-1. The smallest absolute Gasteiger partial charge is 0.725 e. The third-order valence-electron chi connectivity index (χ3n) is 3.53. The Morgan fingerprint density at radius 2 is 1.27 bits per heavy atom. The van der Waals surface area contributed by atoms with E-state index in [1.807, 2.05) is 0 Å². The maximum atomic E-state index is 10.4. The van der Waals surface area contributed by atoms with Gasteiger partial charge in [0.05, 0.1) is 0 Å². The molecule has 0 aromatic rings. The van der Waals surface area contributed by atoms with E-state index in [1.165, 1.54) is 58.5 Å². The van der Waals surface area contributed by atoms with E-state index in [1.54, 1.807) is 0 Å². The molecule has 0 amide bonds. The topological polar surface area (TPSA) is 75.7 Å². The average Bonchev–Trinajstić information content (AvgIpc) is 2.42. The van der Waals surface area contributed by atoms with Gasteiger partial charge in [0.2, 0.25) is 10.4 Å². The van der Waals surface area contributed by atoms with Gasteiger partial charge >= 0.3 is 51.4 Å². The zero-order chi connectivity index (χ0) is 16.0. The molecule has 0 aliphatic rings. The van der Waals surface area contributed by atoms with Crippen molar-refractivity contribution in [2.24, 2.45) is 0 Å². The van der Waals surface area contributed by atoms with Crippen LogP contribution in [0.1, 0.15) is 84.0 Å². The van der Waals surface area contributed by atoms with Crippen LogP contribution in [-0.2, 0) is 19.3 Å². The van der Waals surface area contributed by atoms with Gasteiger partial charge in [-0.15, -0.1) is 0 Å². The van der Waals surface area contributed by atoms with Crippen LogP contribution in [0.2, 0.25) is 0 Å². The van der Waals surface area contributed by atoms with Gasteiger partial charge in [-0.05, 0) is 12.8 Å². The SMILES string of the molecule is CCCCCCCCCCCCCC(OC)OS(=O)(=O)[O-].[K+]. The van der Waals surface area contributed by atoms with Crippen LogP contribution >= 0.6 is 0 Å². The summed E-state index contributed by atoms with van der Waals surface area (Å²) in [6.45, 7) is 2.23. The van der Waals surface area contributed by atoms with E-state index >= 15 is 0 Å².